The summed E-state index contributed by atoms with van der Waals surface area (Å²) in [5, 5.41) is 3.07. The van der Waals surface area contributed by atoms with Crippen molar-refractivity contribution in [1.82, 2.24) is 10.2 Å². The van der Waals surface area contributed by atoms with Gasteiger partial charge in [-0.2, -0.15) is 0 Å². The van der Waals surface area contributed by atoms with Gasteiger partial charge in [0.2, 0.25) is 5.91 Å². The number of carbonyl (C=O) groups excluding carboxylic acids is 2. The molecule has 2 aliphatic heterocycles. The van der Waals surface area contributed by atoms with E-state index in [1.165, 1.54) is 24.3 Å². The molecule has 0 radical (unpaired) electrons. The summed E-state index contributed by atoms with van der Waals surface area (Å²) in [6.07, 6.45) is 3.98. The predicted octanol–water partition coefficient (Wildman–Crippen LogP) is 3.63. The number of aryl methyl sites for hydroxylation is 1. The van der Waals surface area contributed by atoms with Crippen LogP contribution in [0.15, 0.2) is 48.5 Å². The molecule has 4 rings (SSSR count). The Morgan fingerprint density at radius 3 is 2.32 bits per heavy atom. The van der Waals surface area contributed by atoms with E-state index in [9.17, 15) is 14.0 Å². The average molecular weight is 380 g/mol. The lowest BCUT2D eigenvalue weighted by atomic mass is 9.95. The SMILES string of the molecule is Cc1ccccc1CC(=O)N1C2CCC1CC(NC(=O)c1ccc(F)cc1)C2. The van der Waals surface area contributed by atoms with E-state index in [1.54, 1.807) is 0 Å². The summed E-state index contributed by atoms with van der Waals surface area (Å²) in [7, 11) is 0. The maximum Gasteiger partial charge on any atom is 0.251 e. The van der Waals surface area contributed by atoms with Crippen LogP contribution in [0.25, 0.3) is 0 Å². The Labute approximate surface area is 164 Å². The summed E-state index contributed by atoms with van der Waals surface area (Å²) in [6.45, 7) is 2.04. The van der Waals surface area contributed by atoms with E-state index in [2.05, 4.69) is 10.2 Å². The molecule has 2 fully saturated rings. The van der Waals surface area contributed by atoms with Crippen molar-refractivity contribution in [1.29, 1.82) is 0 Å². The van der Waals surface area contributed by atoms with E-state index in [0.29, 0.717) is 12.0 Å². The Bertz CT molecular complexity index is 866. The fourth-order valence-electron chi connectivity index (χ4n) is 4.63. The number of fused-ring (bicyclic) bond motifs is 2. The van der Waals surface area contributed by atoms with E-state index >= 15 is 0 Å². The number of carbonyl (C=O) groups is 2. The largest absolute Gasteiger partial charge is 0.349 e. The standard InChI is InChI=1S/C23H25FN2O2/c1-15-4-2-3-5-17(15)12-22(27)26-20-10-11-21(26)14-19(13-20)25-23(28)16-6-8-18(24)9-7-16/h2-9,19-21H,10-14H2,1H3,(H,25,28). The Kier molecular flexibility index (Phi) is 5.16. The van der Waals surface area contributed by atoms with Crippen molar-refractivity contribution >= 4 is 11.8 Å². The second-order valence-electron chi connectivity index (χ2n) is 7.94. The molecule has 2 atom stereocenters. The number of amides is 2. The van der Waals surface area contributed by atoms with Crippen molar-refractivity contribution < 1.29 is 14.0 Å². The normalized spacial score (nSPS) is 23.5. The molecule has 2 aromatic rings. The van der Waals surface area contributed by atoms with Crippen LogP contribution < -0.4 is 5.32 Å². The molecule has 2 aromatic carbocycles. The molecule has 0 aliphatic carbocycles. The molecule has 0 aromatic heterocycles. The van der Waals surface area contributed by atoms with Crippen LogP contribution in [-0.4, -0.2) is 34.8 Å². The minimum atomic E-state index is -0.352. The van der Waals surface area contributed by atoms with Crippen molar-refractivity contribution in [3.63, 3.8) is 0 Å². The van der Waals surface area contributed by atoms with Crippen LogP contribution in [0.4, 0.5) is 4.39 Å². The fourth-order valence-corrected chi connectivity index (χ4v) is 4.63. The number of piperidine rings is 1. The average Bonchev–Trinajstić information content (AvgIpc) is 2.95. The fraction of sp³-hybridized carbons (Fsp3) is 0.391. The lowest BCUT2D eigenvalue weighted by Crippen LogP contribution is -2.52. The smallest absolute Gasteiger partial charge is 0.251 e. The van der Waals surface area contributed by atoms with Crippen LogP contribution in [0.5, 0.6) is 0 Å². The zero-order chi connectivity index (χ0) is 19.7. The molecule has 2 bridgehead atoms. The highest BCUT2D eigenvalue weighted by Gasteiger charge is 2.43. The third-order valence-electron chi connectivity index (χ3n) is 6.07. The van der Waals surface area contributed by atoms with Crippen LogP contribution in [0.2, 0.25) is 0 Å². The van der Waals surface area contributed by atoms with E-state index in [4.69, 9.17) is 0 Å². The summed E-state index contributed by atoms with van der Waals surface area (Å²) in [6, 6.07) is 14.0. The molecule has 2 aliphatic rings. The third kappa shape index (κ3) is 3.79. The predicted molar refractivity (Wildman–Crippen MR) is 105 cm³/mol. The molecular weight excluding hydrogens is 355 g/mol. The second kappa shape index (κ2) is 7.74. The van der Waals surface area contributed by atoms with Crippen molar-refractivity contribution in [2.45, 2.75) is 57.2 Å². The molecular formula is C23H25FN2O2. The van der Waals surface area contributed by atoms with E-state index in [0.717, 1.165) is 36.8 Å². The van der Waals surface area contributed by atoms with E-state index in [1.807, 2.05) is 31.2 Å². The number of hydrogen-bond acceptors (Lipinski definition) is 2. The zero-order valence-electron chi connectivity index (χ0n) is 16.0. The Morgan fingerprint density at radius 2 is 1.68 bits per heavy atom. The first-order chi connectivity index (χ1) is 13.5. The molecule has 0 saturated carbocycles. The summed E-state index contributed by atoms with van der Waals surface area (Å²) in [4.78, 5) is 27.5. The van der Waals surface area contributed by atoms with Gasteiger partial charge in [-0.25, -0.2) is 4.39 Å². The number of nitrogens with zero attached hydrogens (tertiary/aromatic N) is 1. The maximum atomic E-state index is 13.1. The first-order valence-electron chi connectivity index (χ1n) is 9.93. The molecule has 1 N–H and O–H groups in total. The molecule has 2 unspecified atom stereocenters. The van der Waals surface area contributed by atoms with Gasteiger partial charge in [-0.15, -0.1) is 0 Å². The highest BCUT2D eigenvalue weighted by Crippen LogP contribution is 2.36. The van der Waals surface area contributed by atoms with Crippen molar-refractivity contribution in [2.75, 3.05) is 0 Å². The lowest BCUT2D eigenvalue weighted by molar-refractivity contribution is -0.135. The van der Waals surface area contributed by atoms with Gasteiger partial charge in [0, 0.05) is 23.7 Å². The van der Waals surface area contributed by atoms with Crippen molar-refractivity contribution in [3.05, 3.63) is 71.0 Å². The van der Waals surface area contributed by atoms with Gasteiger partial charge >= 0.3 is 0 Å². The molecule has 5 heteroatoms. The Hall–Kier alpha value is -2.69. The van der Waals surface area contributed by atoms with Gasteiger partial charge in [-0.1, -0.05) is 24.3 Å². The molecule has 2 heterocycles. The van der Waals surface area contributed by atoms with Gasteiger partial charge in [0.25, 0.3) is 5.91 Å². The van der Waals surface area contributed by atoms with Gasteiger partial charge in [0.05, 0.1) is 6.42 Å². The van der Waals surface area contributed by atoms with E-state index < -0.39 is 0 Å². The highest BCUT2D eigenvalue weighted by molar-refractivity contribution is 5.94. The van der Waals surface area contributed by atoms with Crippen LogP contribution in [0, 0.1) is 12.7 Å². The summed E-state index contributed by atoms with van der Waals surface area (Å²) in [5.74, 6) is -0.343. The number of hydrogen-bond donors (Lipinski definition) is 1. The number of benzene rings is 2. The minimum absolute atomic E-state index is 0.0533. The quantitative estimate of drug-likeness (QED) is 0.881. The first kappa shape index (κ1) is 18.7. The monoisotopic (exact) mass is 380 g/mol. The van der Waals surface area contributed by atoms with Crippen molar-refractivity contribution in [3.8, 4) is 0 Å². The lowest BCUT2D eigenvalue weighted by Gasteiger charge is -2.39. The summed E-state index contributed by atoms with van der Waals surface area (Å²) >= 11 is 0. The van der Waals surface area contributed by atoms with Crippen LogP contribution >= 0.6 is 0 Å². The summed E-state index contributed by atoms with van der Waals surface area (Å²) < 4.78 is 13.1. The number of rotatable bonds is 4. The third-order valence-corrected chi connectivity index (χ3v) is 6.07. The maximum absolute atomic E-state index is 13.1. The Morgan fingerprint density at radius 1 is 1.04 bits per heavy atom. The second-order valence-corrected chi connectivity index (χ2v) is 7.94. The van der Waals surface area contributed by atoms with Gasteiger partial charge in [0.1, 0.15) is 5.82 Å². The highest BCUT2D eigenvalue weighted by atomic mass is 19.1. The van der Waals surface area contributed by atoms with Gasteiger partial charge in [-0.05, 0) is 68.0 Å². The summed E-state index contributed by atoms with van der Waals surface area (Å²) in [5.41, 5.74) is 2.69. The molecule has 4 nitrogen and oxygen atoms in total. The first-order valence-corrected chi connectivity index (χ1v) is 9.93. The van der Waals surface area contributed by atoms with Crippen LogP contribution in [0.3, 0.4) is 0 Å². The molecule has 28 heavy (non-hydrogen) atoms. The van der Waals surface area contributed by atoms with Gasteiger partial charge in [0.15, 0.2) is 0 Å². The van der Waals surface area contributed by atoms with Gasteiger partial charge in [-0.3, -0.25) is 9.59 Å². The topological polar surface area (TPSA) is 49.4 Å². The van der Waals surface area contributed by atoms with Crippen molar-refractivity contribution in [2.24, 2.45) is 0 Å². The van der Waals surface area contributed by atoms with Crippen LogP contribution in [0.1, 0.15) is 47.2 Å². The zero-order valence-corrected chi connectivity index (χ0v) is 16.0. The van der Waals surface area contributed by atoms with Gasteiger partial charge < -0.3 is 10.2 Å². The molecule has 146 valence electrons. The molecule has 0 spiro atoms. The van der Waals surface area contributed by atoms with Crippen LogP contribution in [-0.2, 0) is 11.2 Å². The number of nitrogens with one attached hydrogen (secondary N) is 1. The number of halogens is 1. The molecule has 2 amide bonds. The van der Waals surface area contributed by atoms with E-state index in [-0.39, 0.29) is 35.8 Å². The Balaban J connectivity index is 1.39. The minimum Gasteiger partial charge on any atom is -0.349 e. The molecule has 2 saturated heterocycles.